The quantitative estimate of drug-likeness (QED) is 0.710. The van der Waals surface area contributed by atoms with Gasteiger partial charge in [0.05, 0.1) is 6.42 Å². The summed E-state index contributed by atoms with van der Waals surface area (Å²) >= 11 is 0. The van der Waals surface area contributed by atoms with E-state index in [2.05, 4.69) is 11.4 Å². The molecule has 0 atom stereocenters. The van der Waals surface area contributed by atoms with Gasteiger partial charge in [-0.3, -0.25) is 9.59 Å². The highest BCUT2D eigenvalue weighted by Gasteiger charge is 2.25. The Morgan fingerprint density at radius 2 is 1.72 bits per heavy atom. The molecule has 0 unspecified atom stereocenters. The minimum atomic E-state index is -0.0637. The van der Waals surface area contributed by atoms with Crippen LogP contribution < -0.4 is 10.2 Å². The average molecular weight is 384 g/mol. The fraction of sp³-hybridized carbons (Fsp3) is 0.200. The first-order valence-electron chi connectivity index (χ1n) is 9.87. The van der Waals surface area contributed by atoms with E-state index in [-0.39, 0.29) is 11.8 Å². The van der Waals surface area contributed by atoms with Gasteiger partial charge >= 0.3 is 0 Å². The fourth-order valence-corrected chi connectivity index (χ4v) is 3.77. The molecule has 0 fully saturated rings. The minimum Gasteiger partial charge on any atom is -0.326 e. The molecule has 0 aromatic heterocycles. The smallest absolute Gasteiger partial charge is 0.258 e. The van der Waals surface area contributed by atoms with Crippen LogP contribution in [0, 0.1) is 13.8 Å². The molecule has 2 amide bonds. The summed E-state index contributed by atoms with van der Waals surface area (Å²) < 4.78 is 0. The summed E-state index contributed by atoms with van der Waals surface area (Å²) in [5, 5.41) is 2.92. The van der Waals surface area contributed by atoms with Gasteiger partial charge in [-0.15, -0.1) is 0 Å². The van der Waals surface area contributed by atoms with Crippen molar-refractivity contribution >= 4 is 23.2 Å². The number of fused-ring (bicyclic) bond motifs is 1. The summed E-state index contributed by atoms with van der Waals surface area (Å²) in [6, 6.07) is 21.3. The molecule has 4 heteroatoms. The highest BCUT2D eigenvalue weighted by atomic mass is 16.2. The number of amides is 2. The lowest BCUT2D eigenvalue weighted by atomic mass is 10.0. The first-order valence-corrected chi connectivity index (χ1v) is 9.87. The van der Waals surface area contributed by atoms with E-state index in [4.69, 9.17) is 0 Å². The van der Waals surface area contributed by atoms with Crippen LogP contribution in [-0.2, 0) is 17.6 Å². The maximum Gasteiger partial charge on any atom is 0.258 e. The first-order chi connectivity index (χ1) is 14.0. The topological polar surface area (TPSA) is 49.4 Å². The van der Waals surface area contributed by atoms with Crippen molar-refractivity contribution < 1.29 is 9.59 Å². The molecule has 3 aromatic rings. The summed E-state index contributed by atoms with van der Waals surface area (Å²) in [4.78, 5) is 27.1. The summed E-state index contributed by atoms with van der Waals surface area (Å²) in [6.45, 7) is 4.74. The maximum atomic E-state index is 12.9. The van der Waals surface area contributed by atoms with Gasteiger partial charge in [-0.1, -0.05) is 42.0 Å². The van der Waals surface area contributed by atoms with Crippen LogP contribution in [0.3, 0.4) is 0 Å². The second-order valence-electron chi connectivity index (χ2n) is 7.57. The first kappa shape index (κ1) is 18.9. The molecule has 4 nitrogen and oxygen atoms in total. The average Bonchev–Trinajstić information content (AvgIpc) is 3.15. The zero-order valence-electron chi connectivity index (χ0n) is 16.7. The zero-order valence-corrected chi connectivity index (χ0v) is 16.7. The fourth-order valence-electron chi connectivity index (χ4n) is 3.77. The zero-order chi connectivity index (χ0) is 20.4. The van der Waals surface area contributed by atoms with Crippen molar-refractivity contribution in [2.24, 2.45) is 0 Å². The van der Waals surface area contributed by atoms with Crippen LogP contribution in [0.2, 0.25) is 0 Å². The number of rotatable bonds is 4. The van der Waals surface area contributed by atoms with Gasteiger partial charge in [0.15, 0.2) is 0 Å². The van der Waals surface area contributed by atoms with E-state index in [1.807, 2.05) is 55.1 Å². The molecular formula is C25H24N2O2. The monoisotopic (exact) mass is 384 g/mol. The van der Waals surface area contributed by atoms with E-state index in [0.29, 0.717) is 24.2 Å². The van der Waals surface area contributed by atoms with Crippen LogP contribution in [0.1, 0.15) is 32.6 Å². The van der Waals surface area contributed by atoms with E-state index >= 15 is 0 Å². The van der Waals surface area contributed by atoms with Gasteiger partial charge in [0, 0.05) is 23.5 Å². The molecule has 0 saturated carbocycles. The second kappa shape index (κ2) is 7.92. The summed E-state index contributed by atoms with van der Waals surface area (Å²) in [7, 11) is 0. The molecule has 1 aliphatic rings. The predicted molar refractivity (Wildman–Crippen MR) is 117 cm³/mol. The van der Waals surface area contributed by atoms with E-state index < -0.39 is 0 Å². The van der Waals surface area contributed by atoms with Crippen LogP contribution in [0.25, 0.3) is 0 Å². The molecular weight excluding hydrogens is 360 g/mol. The lowest BCUT2D eigenvalue weighted by Gasteiger charge is -2.17. The number of nitrogens with one attached hydrogen (secondary N) is 1. The van der Waals surface area contributed by atoms with Gasteiger partial charge in [0.25, 0.3) is 5.91 Å². The van der Waals surface area contributed by atoms with Gasteiger partial charge < -0.3 is 10.2 Å². The second-order valence-corrected chi connectivity index (χ2v) is 7.57. The van der Waals surface area contributed by atoms with Crippen LogP contribution in [0.5, 0.6) is 0 Å². The van der Waals surface area contributed by atoms with Crippen molar-refractivity contribution in [1.82, 2.24) is 0 Å². The Balaban J connectivity index is 1.42. The minimum absolute atomic E-state index is 0.0109. The van der Waals surface area contributed by atoms with Gasteiger partial charge in [-0.2, -0.15) is 0 Å². The Labute approximate surface area is 171 Å². The molecule has 146 valence electrons. The van der Waals surface area contributed by atoms with Crippen LogP contribution >= 0.6 is 0 Å². The van der Waals surface area contributed by atoms with Crippen LogP contribution in [0.4, 0.5) is 11.4 Å². The number of hydrogen-bond acceptors (Lipinski definition) is 2. The summed E-state index contributed by atoms with van der Waals surface area (Å²) in [5.41, 5.74) is 6.79. The van der Waals surface area contributed by atoms with E-state index in [1.165, 1.54) is 5.56 Å². The Morgan fingerprint density at radius 1 is 0.966 bits per heavy atom. The van der Waals surface area contributed by atoms with Gasteiger partial charge in [0.2, 0.25) is 5.91 Å². The van der Waals surface area contributed by atoms with Crippen LogP contribution in [-0.4, -0.2) is 18.4 Å². The SMILES string of the molecule is Cc1ccc(C)c(CC(=O)Nc2ccc(C(=O)N3CCc4ccccc43)cc2)c1. The molecule has 0 spiro atoms. The summed E-state index contributed by atoms with van der Waals surface area (Å²) in [6.07, 6.45) is 1.22. The number of carbonyl (C=O) groups excluding carboxylic acids is 2. The largest absolute Gasteiger partial charge is 0.326 e. The van der Waals surface area contributed by atoms with E-state index in [1.54, 1.807) is 24.3 Å². The molecule has 0 aliphatic carbocycles. The number of carbonyl (C=O) groups is 2. The van der Waals surface area contributed by atoms with Crippen molar-refractivity contribution in [2.45, 2.75) is 26.7 Å². The lowest BCUT2D eigenvalue weighted by molar-refractivity contribution is -0.115. The molecule has 29 heavy (non-hydrogen) atoms. The molecule has 1 heterocycles. The third-order valence-corrected chi connectivity index (χ3v) is 5.40. The lowest BCUT2D eigenvalue weighted by Crippen LogP contribution is -2.28. The van der Waals surface area contributed by atoms with Crippen LogP contribution in [0.15, 0.2) is 66.7 Å². The Kier molecular flexibility index (Phi) is 5.17. The molecule has 3 aromatic carbocycles. The van der Waals surface area contributed by atoms with Crippen molar-refractivity contribution in [3.05, 3.63) is 94.5 Å². The van der Waals surface area contributed by atoms with Crippen molar-refractivity contribution in [3.63, 3.8) is 0 Å². The third-order valence-electron chi connectivity index (χ3n) is 5.40. The Bertz CT molecular complexity index is 1070. The molecule has 0 saturated heterocycles. The molecule has 1 N–H and O–H groups in total. The van der Waals surface area contributed by atoms with Crippen molar-refractivity contribution in [2.75, 3.05) is 16.8 Å². The molecule has 0 bridgehead atoms. The molecule has 0 radical (unpaired) electrons. The van der Waals surface area contributed by atoms with Gasteiger partial charge in [-0.25, -0.2) is 0 Å². The molecule has 1 aliphatic heterocycles. The predicted octanol–water partition coefficient (Wildman–Crippen LogP) is 4.69. The molecule has 4 rings (SSSR count). The number of aryl methyl sites for hydroxylation is 2. The summed E-state index contributed by atoms with van der Waals surface area (Å²) in [5.74, 6) is -0.0746. The number of anilines is 2. The van der Waals surface area contributed by atoms with E-state index in [9.17, 15) is 9.59 Å². The van der Waals surface area contributed by atoms with Crippen molar-refractivity contribution in [3.8, 4) is 0 Å². The highest BCUT2D eigenvalue weighted by molar-refractivity contribution is 6.07. The number of para-hydroxylation sites is 1. The van der Waals surface area contributed by atoms with Gasteiger partial charge in [0.1, 0.15) is 0 Å². The number of hydrogen-bond donors (Lipinski definition) is 1. The standard InChI is InChI=1S/C25H24N2O2/c1-17-7-8-18(2)21(15-17)16-24(28)26-22-11-9-20(10-12-22)25(29)27-14-13-19-5-3-4-6-23(19)27/h3-12,15H,13-14,16H2,1-2H3,(H,26,28). The number of benzene rings is 3. The Morgan fingerprint density at radius 3 is 2.52 bits per heavy atom. The third kappa shape index (κ3) is 4.06. The number of nitrogens with zero attached hydrogens (tertiary/aromatic N) is 1. The Hall–Kier alpha value is -3.40. The van der Waals surface area contributed by atoms with E-state index in [0.717, 1.165) is 28.8 Å². The highest BCUT2D eigenvalue weighted by Crippen LogP contribution is 2.29. The maximum absolute atomic E-state index is 12.9. The normalized spacial score (nSPS) is 12.6. The van der Waals surface area contributed by atoms with Crippen molar-refractivity contribution in [1.29, 1.82) is 0 Å². The van der Waals surface area contributed by atoms with Gasteiger partial charge in [-0.05, 0) is 67.3 Å².